The van der Waals surface area contributed by atoms with Gasteiger partial charge >= 0.3 is 0 Å². The second kappa shape index (κ2) is 17.4. The van der Waals surface area contributed by atoms with Gasteiger partial charge in [0.15, 0.2) is 0 Å². The Hall–Kier alpha value is -9.38. The number of rotatable bonds is 7. The molecule has 3 heterocycles. The molecule has 0 bridgehead atoms. The van der Waals surface area contributed by atoms with E-state index in [1.54, 1.807) is 0 Å². The maximum atomic E-state index is 6.74. The summed E-state index contributed by atoms with van der Waals surface area (Å²) in [5, 5.41) is 6.81. The average molecular weight is 967 g/mol. The number of benzene rings is 11. The molecule has 0 aliphatic heterocycles. The summed E-state index contributed by atoms with van der Waals surface area (Å²) in [6.07, 6.45) is 0. The molecule has 360 valence electrons. The van der Waals surface area contributed by atoms with E-state index in [9.17, 15) is 0 Å². The van der Waals surface area contributed by atoms with Crippen molar-refractivity contribution in [3.63, 3.8) is 0 Å². The lowest BCUT2D eigenvalue weighted by Crippen LogP contribution is -2.14. The van der Waals surface area contributed by atoms with Gasteiger partial charge in [-0.25, -0.2) is 0 Å². The van der Waals surface area contributed by atoms with Crippen LogP contribution in [-0.2, 0) is 5.41 Å². The first kappa shape index (κ1) is 45.5. The van der Waals surface area contributed by atoms with Crippen molar-refractivity contribution in [3.05, 3.63) is 254 Å². The van der Waals surface area contributed by atoms with Gasteiger partial charge in [-0.2, -0.15) is 0 Å². The van der Waals surface area contributed by atoms with Crippen LogP contribution in [0.2, 0.25) is 0 Å². The molecule has 1 aliphatic carbocycles. The Bertz CT molecular complexity index is 4510. The van der Waals surface area contributed by atoms with Gasteiger partial charge in [-0.1, -0.05) is 180 Å². The number of hydrogen-bond donors (Lipinski definition) is 0. The largest absolute Gasteiger partial charge is 0.456 e. The minimum atomic E-state index is -0.0811. The molecule has 0 spiro atoms. The smallest absolute Gasteiger partial charge is 0.143 e. The molecule has 0 fully saturated rings. The van der Waals surface area contributed by atoms with Crippen LogP contribution in [0.15, 0.2) is 251 Å². The molecule has 14 aromatic rings. The molecular formula is C71H54N2O2. The molecule has 0 unspecified atom stereocenters. The summed E-state index contributed by atoms with van der Waals surface area (Å²) in [7, 11) is 0. The van der Waals surface area contributed by atoms with E-state index in [4.69, 9.17) is 8.83 Å². The highest BCUT2D eigenvalue weighted by Crippen LogP contribution is 2.50. The molecule has 75 heavy (non-hydrogen) atoms. The zero-order chi connectivity index (χ0) is 48.4. The predicted molar refractivity (Wildman–Crippen MR) is 317 cm³/mol. The second-order valence-corrected chi connectivity index (χ2v) is 20.0. The van der Waals surface area contributed by atoms with E-state index < -0.39 is 0 Å². The zero-order valence-corrected chi connectivity index (χ0v) is 40.3. The SMILES string of the molecule is C.C.CC1(C)c2ccccc2-c2ccc(-c3ccc(N(c4ccc(-c5cccc6c5oc5ccccc56)cc4)c4cccc5oc6ccc(-c7ccc8c(c7)c7ccccc7n8-c7ccccc7)cc6c45)cc3)cc21. The Morgan fingerprint density at radius 1 is 0.360 bits per heavy atom. The first-order valence-corrected chi connectivity index (χ1v) is 25.1. The molecule has 0 saturated carbocycles. The van der Waals surface area contributed by atoms with Gasteiger partial charge < -0.3 is 18.3 Å². The van der Waals surface area contributed by atoms with Crippen LogP contribution in [0, 0.1) is 0 Å². The van der Waals surface area contributed by atoms with Crippen LogP contribution in [-0.4, -0.2) is 4.57 Å². The van der Waals surface area contributed by atoms with Crippen molar-refractivity contribution >= 4 is 82.7 Å². The van der Waals surface area contributed by atoms with Crippen LogP contribution >= 0.6 is 0 Å². The Morgan fingerprint density at radius 3 is 1.73 bits per heavy atom. The lowest BCUT2D eigenvalue weighted by molar-refractivity contribution is 0.660. The van der Waals surface area contributed by atoms with E-state index >= 15 is 0 Å². The fraction of sp³-hybridized carbons (Fsp3) is 0.0704. The molecule has 11 aromatic carbocycles. The van der Waals surface area contributed by atoms with Crippen molar-refractivity contribution < 1.29 is 8.83 Å². The lowest BCUT2D eigenvalue weighted by atomic mass is 9.81. The average Bonchev–Trinajstić information content (AvgIpc) is 4.24. The molecular weight excluding hydrogens is 913 g/mol. The van der Waals surface area contributed by atoms with Gasteiger partial charge in [0.05, 0.1) is 22.1 Å². The maximum absolute atomic E-state index is 6.74. The molecule has 15 rings (SSSR count). The van der Waals surface area contributed by atoms with E-state index in [1.165, 1.54) is 55.2 Å². The number of anilines is 3. The maximum Gasteiger partial charge on any atom is 0.143 e. The first-order valence-electron chi connectivity index (χ1n) is 25.1. The third-order valence-electron chi connectivity index (χ3n) is 15.6. The molecule has 4 nitrogen and oxygen atoms in total. The van der Waals surface area contributed by atoms with Crippen molar-refractivity contribution in [2.45, 2.75) is 34.1 Å². The van der Waals surface area contributed by atoms with Gasteiger partial charge in [0, 0.05) is 55.0 Å². The van der Waals surface area contributed by atoms with Gasteiger partial charge in [-0.3, -0.25) is 0 Å². The van der Waals surface area contributed by atoms with Crippen LogP contribution in [0.1, 0.15) is 39.8 Å². The number of nitrogens with zero attached hydrogens (tertiary/aromatic N) is 2. The number of fused-ring (bicyclic) bond motifs is 12. The second-order valence-electron chi connectivity index (χ2n) is 20.0. The quantitative estimate of drug-likeness (QED) is 0.160. The predicted octanol–water partition coefficient (Wildman–Crippen LogP) is 20.6. The van der Waals surface area contributed by atoms with Crippen LogP contribution < -0.4 is 4.90 Å². The summed E-state index contributed by atoms with van der Waals surface area (Å²) in [6, 6.07) is 87.8. The normalized spacial score (nSPS) is 12.6. The summed E-state index contributed by atoms with van der Waals surface area (Å²) >= 11 is 0. The van der Waals surface area contributed by atoms with E-state index in [1.807, 2.05) is 12.1 Å². The zero-order valence-electron chi connectivity index (χ0n) is 40.3. The summed E-state index contributed by atoms with van der Waals surface area (Å²) < 4.78 is 15.6. The van der Waals surface area contributed by atoms with Crippen molar-refractivity contribution in [3.8, 4) is 50.2 Å². The fourth-order valence-electron chi connectivity index (χ4n) is 12.1. The monoisotopic (exact) mass is 966 g/mol. The Labute approximate surface area is 437 Å². The summed E-state index contributed by atoms with van der Waals surface area (Å²) in [4.78, 5) is 2.38. The highest BCUT2D eigenvalue weighted by Gasteiger charge is 2.35. The fourth-order valence-corrected chi connectivity index (χ4v) is 12.1. The van der Waals surface area contributed by atoms with Gasteiger partial charge in [0.2, 0.25) is 0 Å². The Balaban J connectivity index is 0.00000270. The van der Waals surface area contributed by atoms with E-state index in [-0.39, 0.29) is 20.3 Å². The summed E-state index contributed by atoms with van der Waals surface area (Å²) in [5.74, 6) is 0. The lowest BCUT2D eigenvalue weighted by Gasteiger charge is -2.27. The molecule has 3 aromatic heterocycles. The van der Waals surface area contributed by atoms with E-state index in [0.29, 0.717) is 0 Å². The number of aromatic nitrogens is 1. The van der Waals surface area contributed by atoms with Gasteiger partial charge in [0.1, 0.15) is 22.3 Å². The van der Waals surface area contributed by atoms with Crippen LogP contribution in [0.25, 0.3) is 116 Å². The van der Waals surface area contributed by atoms with Gasteiger partial charge in [0.25, 0.3) is 0 Å². The summed E-state index contributed by atoms with van der Waals surface area (Å²) in [5.41, 5.74) is 22.3. The molecule has 0 atom stereocenters. The minimum absolute atomic E-state index is 0. The van der Waals surface area contributed by atoms with Crippen LogP contribution in [0.3, 0.4) is 0 Å². The molecule has 0 radical (unpaired) electrons. The molecule has 0 saturated heterocycles. The summed E-state index contributed by atoms with van der Waals surface area (Å²) in [6.45, 7) is 4.69. The third-order valence-corrected chi connectivity index (χ3v) is 15.6. The topological polar surface area (TPSA) is 34.5 Å². The molecule has 4 heteroatoms. The van der Waals surface area contributed by atoms with E-state index in [0.717, 1.165) is 88.9 Å². The Morgan fingerprint density at radius 2 is 0.920 bits per heavy atom. The highest BCUT2D eigenvalue weighted by molar-refractivity contribution is 6.15. The molecule has 0 N–H and O–H groups in total. The van der Waals surface area contributed by atoms with E-state index in [2.05, 4.69) is 254 Å². The Kier molecular flexibility index (Phi) is 10.5. The van der Waals surface area contributed by atoms with Crippen LogP contribution in [0.5, 0.6) is 0 Å². The van der Waals surface area contributed by atoms with Crippen LogP contribution in [0.4, 0.5) is 17.1 Å². The molecule has 0 amide bonds. The standard InChI is InChI=1S/C69H46N2O2.2CH4/c1-69(2)59-21-9-6-16-52(59)53-37-30-47(42-60(53)69)43-26-33-49(34-27-43)70(50-35-28-44(29-36-50)51-19-12-20-56-55-18-8-11-24-64(55)73-68(51)56)63-23-13-25-66-67(63)58-41-46(32-39-65(58)72-66)45-31-38-62-57(40-45)54-17-7-10-22-61(54)71(62)48-14-4-3-5-15-48;;/h3-42H,1-2H3;2*1H4. The van der Waals surface area contributed by atoms with Crippen molar-refractivity contribution in [2.24, 2.45) is 0 Å². The number of furan rings is 2. The highest BCUT2D eigenvalue weighted by atomic mass is 16.3. The minimum Gasteiger partial charge on any atom is -0.456 e. The molecule has 1 aliphatic rings. The van der Waals surface area contributed by atoms with Crippen molar-refractivity contribution in [1.29, 1.82) is 0 Å². The van der Waals surface area contributed by atoms with Crippen molar-refractivity contribution in [1.82, 2.24) is 4.57 Å². The van der Waals surface area contributed by atoms with Gasteiger partial charge in [-0.05, 0) is 141 Å². The third kappa shape index (κ3) is 6.97. The number of hydrogen-bond acceptors (Lipinski definition) is 3. The van der Waals surface area contributed by atoms with Gasteiger partial charge in [-0.15, -0.1) is 0 Å². The van der Waals surface area contributed by atoms with Crippen molar-refractivity contribution in [2.75, 3.05) is 4.90 Å². The first-order chi connectivity index (χ1) is 35.9. The number of para-hydroxylation sites is 4.